The smallest absolute Gasteiger partial charge is 0.256 e. The summed E-state index contributed by atoms with van der Waals surface area (Å²) in [5.74, 6) is -6.89. The number of pyridine rings is 1. The molecule has 0 bridgehead atoms. The van der Waals surface area contributed by atoms with Crippen molar-refractivity contribution in [3.05, 3.63) is 58.4 Å². The molecule has 2 N–H and O–H groups in total. The van der Waals surface area contributed by atoms with Crippen LogP contribution in [0.1, 0.15) is 34.7 Å². The van der Waals surface area contributed by atoms with Gasteiger partial charge in [-0.1, -0.05) is 11.6 Å². The fourth-order valence-corrected chi connectivity index (χ4v) is 5.71. The highest BCUT2D eigenvalue weighted by molar-refractivity contribution is 7.90. The van der Waals surface area contributed by atoms with E-state index >= 15 is 0 Å². The van der Waals surface area contributed by atoms with Gasteiger partial charge in [0.1, 0.15) is 17.7 Å². The molecule has 1 aliphatic heterocycles. The highest BCUT2D eigenvalue weighted by atomic mass is 35.5. The first-order chi connectivity index (χ1) is 15.8. The second-order valence-corrected chi connectivity index (χ2v) is 10.9. The number of fused-ring (bicyclic) bond motifs is 1. The molecule has 2 amide bonds. The number of likely N-dealkylation sites (tertiary alicyclic amines) is 1. The summed E-state index contributed by atoms with van der Waals surface area (Å²) in [5.41, 5.74) is 2.74. The highest BCUT2D eigenvalue weighted by Gasteiger charge is 2.73. The van der Waals surface area contributed by atoms with Crippen LogP contribution in [0, 0.1) is 17.6 Å². The van der Waals surface area contributed by atoms with Gasteiger partial charge in [-0.25, -0.2) is 26.0 Å². The van der Waals surface area contributed by atoms with Crippen molar-refractivity contribution in [2.45, 2.75) is 41.7 Å². The van der Waals surface area contributed by atoms with Crippen LogP contribution in [-0.2, 0) is 14.6 Å². The van der Waals surface area contributed by atoms with E-state index in [4.69, 9.17) is 17.3 Å². The van der Waals surface area contributed by atoms with Gasteiger partial charge in [0.2, 0.25) is 12.3 Å². The third-order valence-electron chi connectivity index (χ3n) is 6.49. The van der Waals surface area contributed by atoms with E-state index in [2.05, 4.69) is 4.98 Å². The van der Waals surface area contributed by atoms with Gasteiger partial charge in [-0.2, -0.15) is 0 Å². The Bertz CT molecular complexity index is 1310. The number of amides is 2. The molecular formula is C21H18ClF4N3O4S. The van der Waals surface area contributed by atoms with Crippen molar-refractivity contribution in [3.8, 4) is 0 Å². The van der Waals surface area contributed by atoms with Crippen LogP contribution in [-0.4, -0.2) is 54.4 Å². The zero-order valence-electron chi connectivity index (χ0n) is 17.5. The van der Waals surface area contributed by atoms with E-state index in [-0.39, 0.29) is 23.3 Å². The number of hydrogen-bond donors (Lipinski definition) is 1. The molecule has 4 atom stereocenters. The van der Waals surface area contributed by atoms with Gasteiger partial charge in [0.15, 0.2) is 9.84 Å². The first-order valence-electron chi connectivity index (χ1n) is 9.99. The molecule has 1 saturated carbocycles. The molecule has 0 radical (unpaired) electrons. The maximum atomic E-state index is 14.7. The van der Waals surface area contributed by atoms with E-state index in [1.165, 1.54) is 0 Å². The van der Waals surface area contributed by atoms with Gasteiger partial charge in [-0.15, -0.1) is 0 Å². The Hall–Kier alpha value is -2.73. The SMILES string of the molecule is CS(=O)(=O)c1cncc(C(=O)N2C(C(N)=O)CC3CC32[C@H](c2cc(F)c(Cl)cc2F)C(F)F)c1. The maximum Gasteiger partial charge on any atom is 0.256 e. The average molecular weight is 520 g/mol. The van der Waals surface area contributed by atoms with Gasteiger partial charge in [0.05, 0.1) is 26.9 Å². The number of hydrogen-bond acceptors (Lipinski definition) is 5. The monoisotopic (exact) mass is 519 g/mol. The predicted octanol–water partition coefficient (Wildman–Crippen LogP) is 2.92. The van der Waals surface area contributed by atoms with Gasteiger partial charge in [-0.3, -0.25) is 14.6 Å². The minimum absolute atomic E-state index is 0.0135. The Morgan fingerprint density at radius 2 is 1.88 bits per heavy atom. The normalized spacial score (nSPS) is 24.7. The van der Waals surface area contributed by atoms with Crippen molar-refractivity contribution in [3.63, 3.8) is 0 Å². The molecule has 7 nitrogen and oxygen atoms in total. The summed E-state index contributed by atoms with van der Waals surface area (Å²) >= 11 is 5.57. The number of halogens is 5. The number of aromatic nitrogens is 1. The zero-order chi connectivity index (χ0) is 25.2. The average Bonchev–Trinajstić information content (AvgIpc) is 3.34. The summed E-state index contributed by atoms with van der Waals surface area (Å²) in [6.07, 6.45) is -0.392. The largest absolute Gasteiger partial charge is 0.368 e. The van der Waals surface area contributed by atoms with E-state index in [9.17, 15) is 35.6 Å². The number of benzene rings is 1. The molecule has 2 aliphatic rings. The van der Waals surface area contributed by atoms with Crippen molar-refractivity contribution >= 4 is 33.3 Å². The van der Waals surface area contributed by atoms with Crippen molar-refractivity contribution in [1.29, 1.82) is 0 Å². The van der Waals surface area contributed by atoms with Crippen LogP contribution in [0.3, 0.4) is 0 Å². The molecule has 2 heterocycles. The quantitative estimate of drug-likeness (QED) is 0.466. The molecular weight excluding hydrogens is 502 g/mol. The topological polar surface area (TPSA) is 110 Å². The summed E-state index contributed by atoms with van der Waals surface area (Å²) in [6.45, 7) is 0. The van der Waals surface area contributed by atoms with E-state index in [0.717, 1.165) is 29.6 Å². The molecule has 4 rings (SSSR count). The molecule has 0 spiro atoms. The van der Waals surface area contributed by atoms with E-state index in [0.29, 0.717) is 12.1 Å². The number of rotatable bonds is 6. The van der Waals surface area contributed by atoms with Gasteiger partial charge < -0.3 is 10.6 Å². The summed E-state index contributed by atoms with van der Waals surface area (Å²) < 4.78 is 81.5. The summed E-state index contributed by atoms with van der Waals surface area (Å²) in [6, 6.07) is 0.827. The Kier molecular flexibility index (Phi) is 5.88. The Labute approximate surface area is 196 Å². The third kappa shape index (κ3) is 3.82. The number of carbonyl (C=O) groups is 2. The standard InChI is InChI=1S/C21H18ClF4N3O4S/c1-34(32,33)11-2-9(7-28-8-11)20(31)29-16(19(27)30)3-10-6-21(10,29)17(18(25)26)12-4-15(24)13(22)5-14(12)23/h2,4-5,7-8,10,16-18H,3,6H2,1H3,(H2,27,30)/t10?,16?,17-,21?/m1/s1. The van der Waals surface area contributed by atoms with Gasteiger partial charge in [0, 0.05) is 24.2 Å². The lowest BCUT2D eigenvalue weighted by Crippen LogP contribution is -2.54. The second-order valence-electron chi connectivity index (χ2n) is 8.50. The maximum absolute atomic E-state index is 14.7. The molecule has 13 heteroatoms. The van der Waals surface area contributed by atoms with Crippen LogP contribution in [0.2, 0.25) is 5.02 Å². The molecule has 2 aromatic rings. The van der Waals surface area contributed by atoms with Crippen LogP contribution >= 0.6 is 11.6 Å². The van der Waals surface area contributed by atoms with Crippen molar-refractivity contribution in [1.82, 2.24) is 9.88 Å². The van der Waals surface area contributed by atoms with E-state index in [1.807, 2.05) is 0 Å². The summed E-state index contributed by atoms with van der Waals surface area (Å²) in [7, 11) is -3.77. The lowest BCUT2D eigenvalue weighted by atomic mass is 9.87. The molecule has 3 unspecified atom stereocenters. The lowest BCUT2D eigenvalue weighted by molar-refractivity contribution is -0.123. The van der Waals surface area contributed by atoms with Gasteiger partial charge in [-0.05, 0) is 37.0 Å². The Morgan fingerprint density at radius 1 is 1.21 bits per heavy atom. The van der Waals surface area contributed by atoms with Crippen LogP contribution in [0.4, 0.5) is 17.6 Å². The number of nitrogens with two attached hydrogens (primary N) is 1. The van der Waals surface area contributed by atoms with Crippen molar-refractivity contribution in [2.24, 2.45) is 11.7 Å². The minimum atomic E-state index is -3.77. The lowest BCUT2D eigenvalue weighted by Gasteiger charge is -2.38. The third-order valence-corrected chi connectivity index (χ3v) is 7.86. The molecule has 2 fully saturated rings. The summed E-state index contributed by atoms with van der Waals surface area (Å²) in [4.78, 5) is 30.0. The number of nitrogens with zero attached hydrogens (tertiary/aromatic N) is 2. The van der Waals surface area contributed by atoms with Gasteiger partial charge in [0.25, 0.3) is 5.91 Å². The molecule has 1 saturated heterocycles. The first kappa shape index (κ1) is 24.4. The molecule has 1 aromatic carbocycles. The van der Waals surface area contributed by atoms with Crippen molar-refractivity contribution < 1.29 is 35.6 Å². The molecule has 182 valence electrons. The van der Waals surface area contributed by atoms with Crippen molar-refractivity contribution in [2.75, 3.05) is 6.26 Å². The van der Waals surface area contributed by atoms with Crippen LogP contribution in [0.15, 0.2) is 35.5 Å². The highest BCUT2D eigenvalue weighted by Crippen LogP contribution is 2.66. The second kappa shape index (κ2) is 8.19. The molecule has 34 heavy (non-hydrogen) atoms. The minimum Gasteiger partial charge on any atom is -0.368 e. The zero-order valence-corrected chi connectivity index (χ0v) is 19.1. The number of sulfone groups is 1. The fourth-order valence-electron chi connectivity index (χ4n) is 4.97. The summed E-state index contributed by atoms with van der Waals surface area (Å²) in [5, 5.41) is -0.600. The molecule has 1 aliphatic carbocycles. The number of carbonyl (C=O) groups excluding carboxylic acids is 2. The van der Waals surface area contributed by atoms with Crippen LogP contribution in [0.5, 0.6) is 0 Å². The van der Waals surface area contributed by atoms with Crippen LogP contribution in [0.25, 0.3) is 0 Å². The Morgan fingerprint density at radius 3 is 2.47 bits per heavy atom. The van der Waals surface area contributed by atoms with E-state index < -0.39 is 73.7 Å². The predicted molar refractivity (Wildman–Crippen MR) is 112 cm³/mol. The first-order valence-corrected chi connectivity index (χ1v) is 12.3. The Balaban J connectivity index is 1.86. The van der Waals surface area contributed by atoms with Crippen LogP contribution < -0.4 is 5.73 Å². The fraction of sp³-hybridized carbons (Fsp3) is 0.381. The number of alkyl halides is 2. The number of primary amides is 1. The van der Waals surface area contributed by atoms with Gasteiger partial charge >= 0.3 is 0 Å². The van der Waals surface area contributed by atoms with E-state index in [1.54, 1.807) is 0 Å². The molecule has 1 aromatic heterocycles. The number of piperidine rings is 1.